The van der Waals surface area contributed by atoms with Crippen molar-refractivity contribution in [1.29, 1.82) is 0 Å². The molecule has 1 aromatic rings. The zero-order valence-electron chi connectivity index (χ0n) is 11.8. The van der Waals surface area contributed by atoms with Gasteiger partial charge in [-0.3, -0.25) is 4.79 Å². The summed E-state index contributed by atoms with van der Waals surface area (Å²) in [5.41, 5.74) is 0.404. The van der Waals surface area contributed by atoms with Crippen LogP contribution in [0.2, 0.25) is 0 Å². The third-order valence-corrected chi connectivity index (χ3v) is 3.55. The number of halogens is 1. The second-order valence-corrected chi connectivity index (χ2v) is 5.14. The molecule has 1 rings (SSSR count). The fourth-order valence-corrected chi connectivity index (χ4v) is 2.03. The van der Waals surface area contributed by atoms with E-state index in [-0.39, 0.29) is 18.7 Å². The van der Waals surface area contributed by atoms with Crippen LogP contribution in [0.25, 0.3) is 0 Å². The molecule has 1 aromatic heterocycles. The van der Waals surface area contributed by atoms with E-state index in [2.05, 4.69) is 31.2 Å². The fraction of sp³-hybridized carbons (Fsp3) is 0.667. The number of aromatic nitrogens is 2. The van der Waals surface area contributed by atoms with Gasteiger partial charge in [0, 0.05) is 26.7 Å². The number of methoxy groups -OCH3 is 1. The van der Waals surface area contributed by atoms with Gasteiger partial charge in [0.05, 0.1) is 31.6 Å². The molecule has 0 aliphatic carbocycles. The van der Waals surface area contributed by atoms with Crippen molar-refractivity contribution in [2.24, 2.45) is 0 Å². The predicted octanol–water partition coefficient (Wildman–Crippen LogP) is -0.0118. The normalized spacial score (nSPS) is 11.1. The number of aliphatic hydroxyl groups is 1. The lowest BCUT2D eigenvalue weighted by molar-refractivity contribution is 0.163. The first-order valence-corrected chi connectivity index (χ1v) is 7.17. The van der Waals surface area contributed by atoms with E-state index in [0.717, 1.165) is 13.1 Å². The lowest BCUT2D eigenvalue weighted by atomic mass is 10.4. The Morgan fingerprint density at radius 3 is 2.95 bits per heavy atom. The summed E-state index contributed by atoms with van der Waals surface area (Å²) in [4.78, 5) is 14.0. The highest BCUT2D eigenvalue weighted by molar-refractivity contribution is 9.10. The molecule has 0 spiro atoms. The van der Waals surface area contributed by atoms with Crippen molar-refractivity contribution in [2.75, 3.05) is 52.3 Å². The van der Waals surface area contributed by atoms with E-state index < -0.39 is 0 Å². The summed E-state index contributed by atoms with van der Waals surface area (Å²) >= 11 is 3.26. The highest BCUT2D eigenvalue weighted by Gasteiger charge is 2.08. The van der Waals surface area contributed by atoms with E-state index in [1.165, 1.54) is 4.68 Å². The molecule has 20 heavy (non-hydrogen) atoms. The quantitative estimate of drug-likeness (QED) is 0.653. The summed E-state index contributed by atoms with van der Waals surface area (Å²) in [5, 5.41) is 16.0. The van der Waals surface area contributed by atoms with Crippen LogP contribution in [0, 0.1) is 0 Å². The minimum absolute atomic E-state index is 0.115. The summed E-state index contributed by atoms with van der Waals surface area (Å²) in [6, 6.07) is 0. The van der Waals surface area contributed by atoms with Gasteiger partial charge in [-0.25, -0.2) is 4.68 Å². The van der Waals surface area contributed by atoms with Gasteiger partial charge < -0.3 is 20.1 Å². The molecule has 0 aliphatic heterocycles. The van der Waals surface area contributed by atoms with Crippen LogP contribution in [0.3, 0.4) is 0 Å². The molecular formula is C12H21BrN4O3. The van der Waals surface area contributed by atoms with E-state index in [1.54, 1.807) is 13.3 Å². The summed E-state index contributed by atoms with van der Waals surface area (Å²) < 4.78 is 6.66. The van der Waals surface area contributed by atoms with Crippen molar-refractivity contribution in [3.05, 3.63) is 21.0 Å². The van der Waals surface area contributed by atoms with Crippen LogP contribution >= 0.6 is 15.9 Å². The molecule has 114 valence electrons. The van der Waals surface area contributed by atoms with Crippen LogP contribution in [0.4, 0.5) is 5.69 Å². The molecule has 0 amide bonds. The Morgan fingerprint density at radius 2 is 2.30 bits per heavy atom. The van der Waals surface area contributed by atoms with Gasteiger partial charge in [0.25, 0.3) is 5.56 Å². The van der Waals surface area contributed by atoms with Gasteiger partial charge in [-0.05, 0) is 23.0 Å². The Balaban J connectivity index is 2.52. The molecule has 0 radical (unpaired) electrons. The molecule has 0 saturated carbocycles. The number of hydrogen-bond acceptors (Lipinski definition) is 6. The van der Waals surface area contributed by atoms with E-state index >= 15 is 0 Å². The lowest BCUT2D eigenvalue weighted by Gasteiger charge is -2.17. The molecule has 2 N–H and O–H groups in total. The average molecular weight is 349 g/mol. The Labute approximate surface area is 126 Å². The molecular weight excluding hydrogens is 328 g/mol. The average Bonchev–Trinajstić information content (AvgIpc) is 2.44. The number of ether oxygens (including phenoxy) is 1. The van der Waals surface area contributed by atoms with Crippen LogP contribution in [0.1, 0.15) is 0 Å². The fourth-order valence-electron chi connectivity index (χ4n) is 1.58. The van der Waals surface area contributed by atoms with Gasteiger partial charge in [0.1, 0.15) is 4.47 Å². The van der Waals surface area contributed by atoms with Crippen LogP contribution in [0.5, 0.6) is 0 Å². The third kappa shape index (κ3) is 5.20. The van der Waals surface area contributed by atoms with Gasteiger partial charge in [0.15, 0.2) is 0 Å². The number of likely N-dealkylation sites (N-methyl/N-ethyl adjacent to an activating group) is 1. The number of rotatable bonds is 9. The molecule has 0 unspecified atom stereocenters. The minimum atomic E-state index is -0.253. The minimum Gasteiger partial charge on any atom is -0.394 e. The second kappa shape index (κ2) is 9.06. The smallest absolute Gasteiger partial charge is 0.283 e. The van der Waals surface area contributed by atoms with Crippen molar-refractivity contribution >= 4 is 21.6 Å². The highest BCUT2D eigenvalue weighted by Crippen LogP contribution is 2.15. The summed E-state index contributed by atoms with van der Waals surface area (Å²) in [6.45, 7) is 3.15. The molecule has 0 saturated heterocycles. The maximum absolute atomic E-state index is 11.9. The summed E-state index contributed by atoms with van der Waals surface area (Å²) in [7, 11) is 3.68. The zero-order valence-corrected chi connectivity index (χ0v) is 13.4. The number of hydrogen-bond donors (Lipinski definition) is 2. The Morgan fingerprint density at radius 1 is 1.55 bits per heavy atom. The SMILES string of the molecule is COCCN(C)CCNc1cnn(CCO)c(=O)c1Br. The largest absolute Gasteiger partial charge is 0.394 e. The molecule has 7 nitrogen and oxygen atoms in total. The first kappa shape index (κ1) is 17.1. The van der Waals surface area contributed by atoms with Crippen LogP contribution in [-0.4, -0.2) is 66.8 Å². The maximum Gasteiger partial charge on any atom is 0.283 e. The van der Waals surface area contributed by atoms with E-state index in [4.69, 9.17) is 9.84 Å². The predicted molar refractivity (Wildman–Crippen MR) is 81.1 cm³/mol. The number of nitrogens with zero attached hydrogens (tertiary/aromatic N) is 3. The molecule has 8 heteroatoms. The van der Waals surface area contributed by atoms with Crippen molar-refractivity contribution in [3.63, 3.8) is 0 Å². The van der Waals surface area contributed by atoms with Crippen molar-refractivity contribution < 1.29 is 9.84 Å². The van der Waals surface area contributed by atoms with Crippen LogP contribution < -0.4 is 10.9 Å². The Kier molecular flexibility index (Phi) is 7.75. The van der Waals surface area contributed by atoms with Crippen molar-refractivity contribution in [2.45, 2.75) is 6.54 Å². The van der Waals surface area contributed by atoms with Crippen molar-refractivity contribution in [3.8, 4) is 0 Å². The molecule has 0 fully saturated rings. The number of nitrogens with one attached hydrogen (secondary N) is 1. The lowest BCUT2D eigenvalue weighted by Crippen LogP contribution is -2.29. The van der Waals surface area contributed by atoms with Gasteiger partial charge in [0.2, 0.25) is 0 Å². The topological polar surface area (TPSA) is 79.6 Å². The van der Waals surface area contributed by atoms with Gasteiger partial charge in [-0.1, -0.05) is 0 Å². The van der Waals surface area contributed by atoms with Crippen LogP contribution in [0.15, 0.2) is 15.5 Å². The van der Waals surface area contributed by atoms with Crippen LogP contribution in [-0.2, 0) is 11.3 Å². The van der Waals surface area contributed by atoms with E-state index in [1.807, 2.05) is 7.05 Å². The van der Waals surface area contributed by atoms with Gasteiger partial charge in [-0.15, -0.1) is 0 Å². The molecule has 0 atom stereocenters. The van der Waals surface area contributed by atoms with Gasteiger partial charge in [-0.2, -0.15) is 5.10 Å². The van der Waals surface area contributed by atoms with Crippen molar-refractivity contribution in [1.82, 2.24) is 14.7 Å². The Hall–Kier alpha value is -0.960. The Bertz CT molecular complexity index is 467. The zero-order chi connectivity index (χ0) is 15.0. The maximum atomic E-state index is 11.9. The number of aliphatic hydroxyl groups excluding tert-OH is 1. The molecule has 0 aliphatic rings. The highest BCUT2D eigenvalue weighted by atomic mass is 79.9. The first-order valence-electron chi connectivity index (χ1n) is 6.38. The first-order chi connectivity index (χ1) is 9.60. The number of anilines is 1. The van der Waals surface area contributed by atoms with Gasteiger partial charge >= 0.3 is 0 Å². The summed E-state index contributed by atoms with van der Waals surface area (Å²) in [6.07, 6.45) is 1.58. The van der Waals surface area contributed by atoms with E-state index in [0.29, 0.717) is 23.3 Å². The summed E-state index contributed by atoms with van der Waals surface area (Å²) in [5.74, 6) is 0. The molecule has 0 bridgehead atoms. The third-order valence-electron chi connectivity index (χ3n) is 2.78. The second-order valence-electron chi connectivity index (χ2n) is 4.35. The monoisotopic (exact) mass is 348 g/mol. The molecule has 1 heterocycles. The van der Waals surface area contributed by atoms with E-state index in [9.17, 15) is 4.79 Å². The molecule has 0 aromatic carbocycles. The standard InChI is InChI=1S/C12H21BrN4O3/c1-16(6-8-20-2)4-3-14-10-9-15-17(5-7-18)12(19)11(10)13/h9,14,18H,3-8H2,1-2H3.